The van der Waals surface area contributed by atoms with Gasteiger partial charge in [-0.3, -0.25) is 24.4 Å². The van der Waals surface area contributed by atoms with Crippen LogP contribution in [0.15, 0.2) is 29.2 Å². The summed E-state index contributed by atoms with van der Waals surface area (Å²) in [5, 5.41) is 9.36. The van der Waals surface area contributed by atoms with Crippen molar-refractivity contribution in [3.05, 3.63) is 39.8 Å². The zero-order chi connectivity index (χ0) is 29.7. The van der Waals surface area contributed by atoms with Crippen LogP contribution >= 0.6 is 23.2 Å². The van der Waals surface area contributed by atoms with Crippen molar-refractivity contribution in [3.8, 4) is 0 Å². The van der Waals surface area contributed by atoms with Gasteiger partial charge in [0.15, 0.2) is 11.5 Å². The van der Waals surface area contributed by atoms with Gasteiger partial charge in [-0.05, 0) is 51.4 Å². The number of hydrogen-bond acceptors (Lipinski definition) is 6. The SMILES string of the molecule is CC1(C(=O)O)CCC(N=C(C(=CN)C(=O)N(CC(=O)c2c(Cl)cncc2Cl)CC2CCCCC2)C(F)(F)F)CC1. The molecule has 8 nitrogen and oxygen atoms in total. The Hall–Kier alpha value is -2.66. The second kappa shape index (κ2) is 13.3. The Labute approximate surface area is 240 Å². The van der Waals surface area contributed by atoms with E-state index in [1.54, 1.807) is 6.92 Å². The van der Waals surface area contributed by atoms with Crippen LogP contribution < -0.4 is 5.73 Å². The maximum atomic E-state index is 14.3. The molecule has 3 rings (SSSR count). The van der Waals surface area contributed by atoms with Crippen LogP contribution in [0.1, 0.15) is 75.1 Å². The maximum absolute atomic E-state index is 14.3. The first-order valence-electron chi connectivity index (χ1n) is 13.2. The first kappa shape index (κ1) is 31.9. The van der Waals surface area contributed by atoms with Crippen molar-refractivity contribution in [2.45, 2.75) is 76.9 Å². The van der Waals surface area contributed by atoms with Gasteiger partial charge in [0, 0.05) is 25.1 Å². The number of nitrogens with two attached hydrogens (primary N) is 1. The number of rotatable bonds is 9. The highest BCUT2D eigenvalue weighted by molar-refractivity contribution is 6.39. The number of aliphatic imine (C=N–C) groups is 1. The molecule has 2 saturated carbocycles. The highest BCUT2D eigenvalue weighted by atomic mass is 35.5. The Balaban J connectivity index is 1.93. The average Bonchev–Trinajstić information content (AvgIpc) is 2.89. The van der Waals surface area contributed by atoms with Crippen LogP contribution in [0.4, 0.5) is 13.2 Å². The third-order valence-corrected chi connectivity index (χ3v) is 8.34. The lowest BCUT2D eigenvalue weighted by Gasteiger charge is -2.33. The smallest absolute Gasteiger partial charge is 0.433 e. The molecule has 1 heterocycles. The molecule has 3 N–H and O–H groups in total. The molecule has 0 radical (unpaired) electrons. The standard InChI is InChI=1S/C27H33Cl2F3N4O4/c1-26(25(39)40)9-7-17(8-10-26)35-23(27(30,31)32)18(11-33)24(38)36(14-16-5-3-2-4-6-16)15-21(37)22-19(28)12-34-13-20(22)29/h11-13,16-17H,2-10,14-15,33H2,1H3,(H,39,40). The normalized spacial score (nSPS) is 23.1. The van der Waals surface area contributed by atoms with Gasteiger partial charge in [-0.25, -0.2) is 0 Å². The third-order valence-electron chi connectivity index (χ3n) is 7.76. The topological polar surface area (TPSA) is 126 Å². The molecule has 1 amide bonds. The number of alkyl halides is 3. The Kier molecular flexibility index (Phi) is 10.6. The number of pyridine rings is 1. The fourth-order valence-corrected chi connectivity index (χ4v) is 5.89. The molecule has 1 aromatic rings. The monoisotopic (exact) mass is 604 g/mol. The molecule has 2 fully saturated rings. The van der Waals surface area contributed by atoms with E-state index in [-0.39, 0.29) is 53.8 Å². The highest BCUT2D eigenvalue weighted by Gasteiger charge is 2.44. The zero-order valence-electron chi connectivity index (χ0n) is 22.1. The summed E-state index contributed by atoms with van der Waals surface area (Å²) in [5.41, 5.74) is 2.19. The number of carbonyl (C=O) groups excluding carboxylic acids is 2. The number of hydrogen-bond donors (Lipinski definition) is 2. The maximum Gasteiger partial charge on any atom is 0.433 e. The average molecular weight is 605 g/mol. The lowest BCUT2D eigenvalue weighted by atomic mass is 9.74. The quantitative estimate of drug-likeness (QED) is 0.206. The van der Waals surface area contributed by atoms with Crippen LogP contribution in [0.25, 0.3) is 0 Å². The number of nitrogens with zero attached hydrogens (tertiary/aromatic N) is 3. The van der Waals surface area contributed by atoms with E-state index >= 15 is 0 Å². The van der Waals surface area contributed by atoms with E-state index in [1.807, 2.05) is 0 Å². The van der Waals surface area contributed by atoms with Crippen LogP contribution in [0.2, 0.25) is 10.0 Å². The molecule has 0 spiro atoms. The van der Waals surface area contributed by atoms with E-state index < -0.39 is 53.1 Å². The summed E-state index contributed by atoms with van der Waals surface area (Å²) in [7, 11) is 0. The summed E-state index contributed by atoms with van der Waals surface area (Å²) in [6.07, 6.45) is 2.86. The molecule has 0 atom stereocenters. The molecule has 0 aromatic carbocycles. The lowest BCUT2D eigenvalue weighted by molar-refractivity contribution is -0.149. The summed E-state index contributed by atoms with van der Waals surface area (Å²) in [6.45, 7) is 1.03. The molecule has 0 bridgehead atoms. The summed E-state index contributed by atoms with van der Waals surface area (Å²) >= 11 is 12.2. The van der Waals surface area contributed by atoms with Gasteiger partial charge in [-0.15, -0.1) is 0 Å². The molecular weight excluding hydrogens is 572 g/mol. The predicted octanol–water partition coefficient (Wildman–Crippen LogP) is 5.86. The minimum atomic E-state index is -5.02. The summed E-state index contributed by atoms with van der Waals surface area (Å²) < 4.78 is 42.9. The van der Waals surface area contributed by atoms with Crippen LogP contribution in [0.5, 0.6) is 0 Å². The van der Waals surface area contributed by atoms with Crippen LogP contribution in [0.3, 0.4) is 0 Å². The molecule has 220 valence electrons. The number of Topliss-reactive ketones (excluding diaryl/α,β-unsaturated/α-hetero) is 1. The van der Waals surface area contributed by atoms with Crippen LogP contribution in [0, 0.1) is 11.3 Å². The van der Waals surface area contributed by atoms with Crippen molar-refractivity contribution in [1.29, 1.82) is 0 Å². The number of amides is 1. The van der Waals surface area contributed by atoms with E-state index in [2.05, 4.69) is 9.98 Å². The van der Waals surface area contributed by atoms with E-state index in [9.17, 15) is 32.7 Å². The number of ketones is 1. The number of halogens is 5. The van der Waals surface area contributed by atoms with E-state index in [0.717, 1.165) is 37.0 Å². The Morgan fingerprint density at radius 2 is 1.70 bits per heavy atom. The zero-order valence-corrected chi connectivity index (χ0v) is 23.7. The first-order chi connectivity index (χ1) is 18.8. The van der Waals surface area contributed by atoms with E-state index in [0.29, 0.717) is 6.20 Å². The third kappa shape index (κ3) is 7.75. The van der Waals surface area contributed by atoms with Crippen LogP contribution in [-0.2, 0) is 9.59 Å². The van der Waals surface area contributed by atoms with Crippen molar-refractivity contribution < 1.29 is 32.7 Å². The minimum absolute atomic E-state index is 0.00813. The van der Waals surface area contributed by atoms with Crippen molar-refractivity contribution >= 4 is 46.6 Å². The molecule has 13 heteroatoms. The number of carboxylic acids is 1. The van der Waals surface area contributed by atoms with Gasteiger partial charge in [0.05, 0.1) is 39.2 Å². The molecule has 0 saturated heterocycles. The van der Waals surface area contributed by atoms with Gasteiger partial charge < -0.3 is 15.7 Å². The molecule has 40 heavy (non-hydrogen) atoms. The fourth-order valence-electron chi connectivity index (χ4n) is 5.31. The van der Waals surface area contributed by atoms with Gasteiger partial charge in [0.1, 0.15) is 0 Å². The second-order valence-electron chi connectivity index (χ2n) is 10.7. The predicted molar refractivity (Wildman–Crippen MR) is 146 cm³/mol. The number of carboxylic acid groups (broad SMARTS) is 1. The largest absolute Gasteiger partial charge is 0.481 e. The van der Waals surface area contributed by atoms with Crippen molar-refractivity contribution in [1.82, 2.24) is 9.88 Å². The van der Waals surface area contributed by atoms with Gasteiger partial charge in [0.2, 0.25) is 0 Å². The molecule has 0 aliphatic heterocycles. The fraction of sp³-hybridized carbons (Fsp3) is 0.593. The first-order valence-corrected chi connectivity index (χ1v) is 13.9. The molecular formula is C27H33Cl2F3N4O4. The number of aromatic nitrogens is 1. The summed E-state index contributed by atoms with van der Waals surface area (Å²) in [4.78, 5) is 47.2. The van der Waals surface area contributed by atoms with E-state index in [1.165, 1.54) is 12.4 Å². The van der Waals surface area contributed by atoms with E-state index in [4.69, 9.17) is 28.9 Å². The molecule has 1 aromatic heterocycles. The highest BCUT2D eigenvalue weighted by Crippen LogP contribution is 2.38. The molecule has 0 unspecified atom stereocenters. The van der Waals surface area contributed by atoms with Gasteiger partial charge in [-0.2, -0.15) is 13.2 Å². The summed E-state index contributed by atoms with van der Waals surface area (Å²) in [5.74, 6) is -2.75. The number of aliphatic carboxylic acids is 1. The Morgan fingerprint density at radius 1 is 1.12 bits per heavy atom. The van der Waals surface area contributed by atoms with Crippen molar-refractivity contribution in [3.63, 3.8) is 0 Å². The minimum Gasteiger partial charge on any atom is -0.481 e. The number of carbonyl (C=O) groups is 3. The summed E-state index contributed by atoms with van der Waals surface area (Å²) in [6, 6.07) is -0.838. The van der Waals surface area contributed by atoms with Gasteiger partial charge >= 0.3 is 12.1 Å². The van der Waals surface area contributed by atoms with Gasteiger partial charge in [-0.1, -0.05) is 42.5 Å². The Morgan fingerprint density at radius 3 is 2.20 bits per heavy atom. The Bertz CT molecular complexity index is 1150. The molecule has 2 aliphatic carbocycles. The molecule has 2 aliphatic rings. The lowest BCUT2D eigenvalue weighted by Crippen LogP contribution is -2.44. The van der Waals surface area contributed by atoms with Crippen LogP contribution in [-0.4, -0.2) is 63.7 Å². The van der Waals surface area contributed by atoms with Gasteiger partial charge in [0.25, 0.3) is 5.91 Å². The van der Waals surface area contributed by atoms with Crippen molar-refractivity contribution in [2.24, 2.45) is 22.1 Å². The second-order valence-corrected chi connectivity index (χ2v) is 11.6. The van der Waals surface area contributed by atoms with Crippen molar-refractivity contribution in [2.75, 3.05) is 13.1 Å².